The Bertz CT molecular complexity index is 915. The fourth-order valence-corrected chi connectivity index (χ4v) is 5.76. The van der Waals surface area contributed by atoms with Gasteiger partial charge in [0.2, 0.25) is 0 Å². The fourth-order valence-electron chi connectivity index (χ4n) is 5.76. The molecule has 0 saturated carbocycles. The molecule has 3 saturated heterocycles. The summed E-state index contributed by atoms with van der Waals surface area (Å²) < 4.78 is 6.70. The average molecular weight is 428 g/mol. The number of fused-ring (bicyclic) bond motifs is 3. The summed E-state index contributed by atoms with van der Waals surface area (Å²) in [6.45, 7) is 3.86. The summed E-state index contributed by atoms with van der Waals surface area (Å²) in [5.41, 5.74) is 3.48. The van der Waals surface area contributed by atoms with E-state index in [1.165, 1.54) is 0 Å². The van der Waals surface area contributed by atoms with E-state index in [9.17, 15) is 5.11 Å². The van der Waals surface area contributed by atoms with E-state index in [0.717, 1.165) is 55.6 Å². The summed E-state index contributed by atoms with van der Waals surface area (Å²) in [5, 5.41) is 12.1. The quantitative estimate of drug-likeness (QED) is 0.533. The molecule has 0 amide bonds. The summed E-state index contributed by atoms with van der Waals surface area (Å²) in [4.78, 5) is 2.55. The molecule has 0 aromatic heterocycles. The average Bonchev–Trinajstić information content (AvgIpc) is 2.87. The van der Waals surface area contributed by atoms with Gasteiger partial charge in [-0.2, -0.15) is 0 Å². The second kappa shape index (κ2) is 9.58. The van der Waals surface area contributed by atoms with Gasteiger partial charge >= 0.3 is 0 Å². The molecular formula is C29H33NO2. The lowest BCUT2D eigenvalue weighted by atomic mass is 9.64. The van der Waals surface area contributed by atoms with E-state index in [2.05, 4.69) is 77.7 Å². The highest BCUT2D eigenvalue weighted by Gasteiger charge is 2.50. The number of hydrogen-bond acceptors (Lipinski definition) is 3. The number of ether oxygens (including phenoxy) is 1. The van der Waals surface area contributed by atoms with Crippen LogP contribution in [-0.2, 0) is 11.3 Å². The van der Waals surface area contributed by atoms with E-state index < -0.39 is 6.10 Å². The summed E-state index contributed by atoms with van der Waals surface area (Å²) >= 11 is 0. The second-order valence-corrected chi connectivity index (χ2v) is 9.46. The normalized spacial score (nSPS) is 24.4. The highest BCUT2D eigenvalue weighted by atomic mass is 16.5. The molecule has 3 aromatic carbocycles. The molecule has 3 heteroatoms. The van der Waals surface area contributed by atoms with Gasteiger partial charge in [-0.15, -0.1) is 0 Å². The van der Waals surface area contributed by atoms with Gasteiger partial charge in [-0.3, -0.25) is 0 Å². The van der Waals surface area contributed by atoms with Crippen LogP contribution in [0, 0.1) is 5.41 Å². The molecule has 1 N–H and O–H groups in total. The molecule has 3 fully saturated rings. The van der Waals surface area contributed by atoms with E-state index in [1.807, 2.05) is 18.2 Å². The molecular weight excluding hydrogens is 394 g/mol. The van der Waals surface area contributed by atoms with Crippen LogP contribution < -0.4 is 0 Å². The van der Waals surface area contributed by atoms with Crippen LogP contribution >= 0.6 is 0 Å². The van der Waals surface area contributed by atoms with Crippen molar-refractivity contribution in [2.75, 3.05) is 19.6 Å². The third kappa shape index (κ3) is 4.38. The van der Waals surface area contributed by atoms with Crippen LogP contribution in [0.2, 0.25) is 0 Å². The Balaban J connectivity index is 1.50. The molecule has 32 heavy (non-hydrogen) atoms. The smallest absolute Gasteiger partial charge is 0.0916 e. The first-order valence-electron chi connectivity index (χ1n) is 11.9. The standard InChI is InChI=1S/C29H33NO2/c31-27(26(24-12-6-2-7-13-24)25-14-8-3-9-15-25)28(32-22-23-10-4-1-5-11-23)29-16-19-30(20-17-29)21-18-29/h1-15,26-28,31H,16-22H2. The fraction of sp³-hybridized carbons (Fsp3) is 0.379. The zero-order valence-corrected chi connectivity index (χ0v) is 18.6. The molecule has 166 valence electrons. The number of piperidine rings is 3. The molecule has 3 heterocycles. The molecule has 2 unspecified atom stereocenters. The summed E-state index contributed by atoms with van der Waals surface area (Å²) in [5.74, 6) is -0.118. The third-order valence-corrected chi connectivity index (χ3v) is 7.62. The van der Waals surface area contributed by atoms with Gasteiger partial charge in [-0.25, -0.2) is 0 Å². The van der Waals surface area contributed by atoms with Gasteiger partial charge < -0.3 is 14.7 Å². The van der Waals surface area contributed by atoms with E-state index in [0.29, 0.717) is 6.61 Å². The van der Waals surface area contributed by atoms with Crippen molar-refractivity contribution in [3.8, 4) is 0 Å². The molecule has 3 aliphatic heterocycles. The van der Waals surface area contributed by atoms with Crippen LogP contribution in [0.5, 0.6) is 0 Å². The Labute approximate surface area is 191 Å². The predicted molar refractivity (Wildman–Crippen MR) is 128 cm³/mol. The molecule has 3 aromatic rings. The molecule has 0 aliphatic carbocycles. The van der Waals surface area contributed by atoms with Crippen LogP contribution in [0.25, 0.3) is 0 Å². The molecule has 2 atom stereocenters. The Hall–Kier alpha value is -2.46. The van der Waals surface area contributed by atoms with Crippen LogP contribution in [0.15, 0.2) is 91.0 Å². The minimum Gasteiger partial charge on any atom is -0.389 e. The number of aliphatic hydroxyl groups is 1. The number of aliphatic hydroxyl groups excluding tert-OH is 1. The van der Waals surface area contributed by atoms with Crippen molar-refractivity contribution in [2.24, 2.45) is 5.41 Å². The van der Waals surface area contributed by atoms with E-state index >= 15 is 0 Å². The first kappa shape index (κ1) is 21.4. The van der Waals surface area contributed by atoms with Crippen molar-refractivity contribution in [3.63, 3.8) is 0 Å². The molecule has 6 rings (SSSR count). The highest BCUT2D eigenvalue weighted by molar-refractivity contribution is 5.34. The zero-order valence-electron chi connectivity index (χ0n) is 18.6. The largest absolute Gasteiger partial charge is 0.389 e. The van der Waals surface area contributed by atoms with Crippen LogP contribution in [-0.4, -0.2) is 41.8 Å². The molecule has 0 spiro atoms. The van der Waals surface area contributed by atoms with Crippen molar-refractivity contribution in [3.05, 3.63) is 108 Å². The lowest BCUT2D eigenvalue weighted by molar-refractivity contribution is -0.157. The van der Waals surface area contributed by atoms with Crippen molar-refractivity contribution in [1.82, 2.24) is 4.90 Å². The number of rotatable bonds is 8. The minimum atomic E-state index is -0.617. The van der Waals surface area contributed by atoms with Gasteiger partial charge in [0.15, 0.2) is 0 Å². The van der Waals surface area contributed by atoms with Gasteiger partial charge in [0.1, 0.15) is 0 Å². The molecule has 3 aliphatic rings. The lowest BCUT2D eigenvalue weighted by Crippen LogP contribution is -2.57. The van der Waals surface area contributed by atoms with Crippen molar-refractivity contribution < 1.29 is 9.84 Å². The van der Waals surface area contributed by atoms with Gasteiger partial charge in [0, 0.05) is 11.3 Å². The summed E-state index contributed by atoms with van der Waals surface area (Å²) in [7, 11) is 0. The second-order valence-electron chi connectivity index (χ2n) is 9.46. The van der Waals surface area contributed by atoms with Crippen molar-refractivity contribution >= 4 is 0 Å². The van der Waals surface area contributed by atoms with Gasteiger partial charge in [-0.05, 0) is 55.6 Å². The van der Waals surface area contributed by atoms with Gasteiger partial charge in [0.05, 0.1) is 18.8 Å². The van der Waals surface area contributed by atoms with Crippen LogP contribution in [0.4, 0.5) is 0 Å². The number of benzene rings is 3. The SMILES string of the molecule is OC(C(c1ccccc1)c1ccccc1)C(OCc1ccccc1)C12CCN(CC1)CC2. The highest BCUT2D eigenvalue weighted by Crippen LogP contribution is 2.48. The number of hydrogen-bond donors (Lipinski definition) is 1. The maximum Gasteiger partial charge on any atom is 0.0916 e. The maximum atomic E-state index is 12.1. The Kier molecular flexibility index (Phi) is 6.40. The Morgan fingerprint density at radius 3 is 1.69 bits per heavy atom. The predicted octanol–water partition coefficient (Wildman–Crippen LogP) is 5.25. The molecule has 2 bridgehead atoms. The summed E-state index contributed by atoms with van der Waals surface area (Å²) in [6.07, 6.45) is 2.46. The van der Waals surface area contributed by atoms with Crippen LogP contribution in [0.1, 0.15) is 41.9 Å². The molecule has 0 radical (unpaired) electrons. The minimum absolute atomic E-state index is 0.0325. The Morgan fingerprint density at radius 1 is 0.719 bits per heavy atom. The van der Waals surface area contributed by atoms with Crippen molar-refractivity contribution in [2.45, 2.75) is 44.0 Å². The van der Waals surface area contributed by atoms with E-state index in [1.54, 1.807) is 0 Å². The Morgan fingerprint density at radius 2 is 1.19 bits per heavy atom. The summed E-state index contributed by atoms with van der Waals surface area (Å²) in [6, 6.07) is 31.2. The van der Waals surface area contributed by atoms with E-state index in [4.69, 9.17) is 4.74 Å². The topological polar surface area (TPSA) is 32.7 Å². The maximum absolute atomic E-state index is 12.1. The third-order valence-electron chi connectivity index (χ3n) is 7.62. The monoisotopic (exact) mass is 427 g/mol. The first-order chi connectivity index (χ1) is 15.8. The van der Waals surface area contributed by atoms with E-state index in [-0.39, 0.29) is 17.4 Å². The van der Waals surface area contributed by atoms with Gasteiger partial charge in [-0.1, -0.05) is 91.0 Å². The zero-order chi connectivity index (χ0) is 21.8. The number of nitrogens with zero attached hydrogens (tertiary/aromatic N) is 1. The lowest BCUT2D eigenvalue weighted by Gasteiger charge is -2.53. The van der Waals surface area contributed by atoms with Gasteiger partial charge in [0.25, 0.3) is 0 Å². The van der Waals surface area contributed by atoms with Crippen molar-refractivity contribution in [1.29, 1.82) is 0 Å². The first-order valence-corrected chi connectivity index (χ1v) is 11.9. The van der Waals surface area contributed by atoms with Crippen LogP contribution in [0.3, 0.4) is 0 Å². The molecule has 3 nitrogen and oxygen atoms in total.